The second-order valence-corrected chi connectivity index (χ2v) is 10.4. The van der Waals surface area contributed by atoms with Crippen molar-refractivity contribution in [1.82, 2.24) is 15.0 Å². The molecule has 1 aromatic carbocycles. The van der Waals surface area contributed by atoms with Gasteiger partial charge in [-0.15, -0.1) is 0 Å². The first-order valence-electron chi connectivity index (χ1n) is 13.8. The molecule has 1 saturated carbocycles. The Morgan fingerprint density at radius 3 is 2.51 bits per heavy atom. The van der Waals surface area contributed by atoms with Gasteiger partial charge in [0.15, 0.2) is 0 Å². The summed E-state index contributed by atoms with van der Waals surface area (Å²) in [7, 11) is 1.70. The summed E-state index contributed by atoms with van der Waals surface area (Å²) in [6.07, 6.45) is 11.3. The molecule has 210 valence electrons. The molecular formula is C33H34F2N6. The van der Waals surface area contributed by atoms with Crippen LogP contribution >= 0.6 is 0 Å². The molecule has 4 aromatic rings. The van der Waals surface area contributed by atoms with E-state index in [2.05, 4.69) is 44.1 Å². The molecule has 0 spiro atoms. The number of nitrogens with zero attached hydrogens (tertiary/aromatic N) is 3. The monoisotopic (exact) mass is 552 g/mol. The standard InChI is InChI=1S/C33H34F2N6/c1-20(40-30-13-14-38-32(21(30)2)26-11-7-8-12-29(26)34)15-27-31(35)28(19-39-33(27)36-4)24-16-25(18-37-17-24)41-22(3)23-9-5-6-10-23/h7-8,11-14,16-19,23,41H,1,3,5-6,9-10,15H2,2,4H3,(H,36,39)(H,38,40). The Morgan fingerprint density at radius 1 is 0.976 bits per heavy atom. The van der Waals surface area contributed by atoms with Crippen molar-refractivity contribution in [2.24, 2.45) is 5.92 Å². The average molecular weight is 553 g/mol. The Balaban J connectivity index is 1.38. The number of pyridine rings is 3. The Bertz CT molecular complexity index is 1590. The second-order valence-electron chi connectivity index (χ2n) is 10.4. The van der Waals surface area contributed by atoms with Crippen molar-refractivity contribution in [3.8, 4) is 22.4 Å². The highest BCUT2D eigenvalue weighted by molar-refractivity contribution is 5.72. The second kappa shape index (κ2) is 12.3. The number of rotatable bonds is 10. The maximum absolute atomic E-state index is 16.1. The Morgan fingerprint density at radius 2 is 1.76 bits per heavy atom. The van der Waals surface area contributed by atoms with Gasteiger partial charge in [0.05, 0.1) is 17.6 Å². The minimum Gasteiger partial charge on any atom is -0.373 e. The van der Waals surface area contributed by atoms with Gasteiger partial charge in [-0.3, -0.25) is 9.97 Å². The number of nitrogens with one attached hydrogen (secondary N) is 3. The molecule has 0 amide bonds. The number of halogens is 2. The molecule has 1 aliphatic rings. The van der Waals surface area contributed by atoms with Gasteiger partial charge in [-0.1, -0.05) is 38.1 Å². The van der Waals surface area contributed by atoms with Crippen molar-refractivity contribution in [3.63, 3.8) is 0 Å². The van der Waals surface area contributed by atoms with E-state index in [0.717, 1.165) is 29.8 Å². The summed E-state index contributed by atoms with van der Waals surface area (Å²) in [6.45, 7) is 10.2. The van der Waals surface area contributed by atoms with Gasteiger partial charge in [0.25, 0.3) is 0 Å². The van der Waals surface area contributed by atoms with E-state index in [0.29, 0.717) is 51.1 Å². The lowest BCUT2D eigenvalue weighted by molar-refractivity contribution is 0.615. The number of allylic oxidation sites excluding steroid dienone is 2. The molecule has 0 bridgehead atoms. The molecule has 3 N–H and O–H groups in total. The maximum atomic E-state index is 16.1. The van der Waals surface area contributed by atoms with Crippen LogP contribution in [0.25, 0.3) is 22.4 Å². The lowest BCUT2D eigenvalue weighted by Crippen LogP contribution is -2.10. The van der Waals surface area contributed by atoms with Crippen LogP contribution in [0.4, 0.5) is 26.0 Å². The highest BCUT2D eigenvalue weighted by Crippen LogP contribution is 2.34. The SMILES string of the molecule is C=C(Cc1c(NC)ncc(-c2cncc(NC(=C)C3CCCC3)c2)c1F)Nc1ccnc(-c2ccccc2F)c1C. The van der Waals surface area contributed by atoms with Crippen molar-refractivity contribution in [2.45, 2.75) is 39.0 Å². The van der Waals surface area contributed by atoms with Gasteiger partial charge in [0, 0.05) is 71.4 Å². The zero-order chi connectivity index (χ0) is 28.9. The van der Waals surface area contributed by atoms with Gasteiger partial charge in [0.2, 0.25) is 0 Å². The topological polar surface area (TPSA) is 74.8 Å². The normalized spacial score (nSPS) is 13.2. The number of hydrogen-bond acceptors (Lipinski definition) is 6. The summed E-state index contributed by atoms with van der Waals surface area (Å²) in [4.78, 5) is 13.2. The smallest absolute Gasteiger partial charge is 0.139 e. The third-order valence-electron chi connectivity index (χ3n) is 7.58. The fraction of sp³-hybridized carbons (Fsp3) is 0.242. The Hall–Kier alpha value is -4.59. The van der Waals surface area contributed by atoms with E-state index in [9.17, 15) is 4.39 Å². The number of aromatic nitrogens is 3. The molecule has 0 saturated heterocycles. The van der Waals surface area contributed by atoms with Crippen LogP contribution in [-0.4, -0.2) is 22.0 Å². The summed E-state index contributed by atoms with van der Waals surface area (Å²) >= 11 is 0. The quantitative estimate of drug-likeness (QED) is 0.185. The van der Waals surface area contributed by atoms with E-state index >= 15 is 4.39 Å². The molecule has 1 aliphatic carbocycles. The van der Waals surface area contributed by atoms with Crippen LogP contribution in [0.5, 0.6) is 0 Å². The summed E-state index contributed by atoms with van der Waals surface area (Å²) in [5.74, 6) is 0.118. The van der Waals surface area contributed by atoms with Crippen LogP contribution in [-0.2, 0) is 6.42 Å². The Kier molecular flexibility index (Phi) is 8.38. The molecule has 0 radical (unpaired) electrons. The van der Waals surface area contributed by atoms with E-state index < -0.39 is 5.82 Å². The molecule has 0 unspecified atom stereocenters. The van der Waals surface area contributed by atoms with Gasteiger partial charge in [-0.2, -0.15) is 0 Å². The lowest BCUT2D eigenvalue weighted by atomic mass is 10.0. The predicted molar refractivity (Wildman–Crippen MR) is 163 cm³/mol. The van der Waals surface area contributed by atoms with Crippen molar-refractivity contribution in [1.29, 1.82) is 0 Å². The first kappa shape index (κ1) is 28.0. The van der Waals surface area contributed by atoms with Gasteiger partial charge in [-0.25, -0.2) is 13.8 Å². The number of hydrogen-bond donors (Lipinski definition) is 3. The molecule has 5 rings (SSSR count). The zero-order valence-electron chi connectivity index (χ0n) is 23.4. The fourth-order valence-electron chi connectivity index (χ4n) is 5.37. The molecule has 0 atom stereocenters. The molecule has 0 aliphatic heterocycles. The maximum Gasteiger partial charge on any atom is 0.139 e. The van der Waals surface area contributed by atoms with Gasteiger partial charge < -0.3 is 16.0 Å². The van der Waals surface area contributed by atoms with Gasteiger partial charge >= 0.3 is 0 Å². The first-order chi connectivity index (χ1) is 19.9. The van der Waals surface area contributed by atoms with Gasteiger partial charge in [0.1, 0.15) is 17.5 Å². The summed E-state index contributed by atoms with van der Waals surface area (Å²) in [5.41, 5.74) is 6.03. The fourth-order valence-corrected chi connectivity index (χ4v) is 5.37. The highest BCUT2D eigenvalue weighted by atomic mass is 19.1. The molecule has 41 heavy (non-hydrogen) atoms. The lowest BCUT2D eigenvalue weighted by Gasteiger charge is -2.18. The first-order valence-corrected chi connectivity index (χ1v) is 13.8. The molecule has 3 heterocycles. The third kappa shape index (κ3) is 6.11. The number of anilines is 3. The summed E-state index contributed by atoms with van der Waals surface area (Å²) in [6, 6.07) is 10.2. The minimum atomic E-state index is -0.403. The van der Waals surface area contributed by atoms with Crippen LogP contribution in [0.1, 0.15) is 36.8 Å². The summed E-state index contributed by atoms with van der Waals surface area (Å²) in [5, 5.41) is 9.63. The van der Waals surface area contributed by atoms with Crippen LogP contribution in [0.3, 0.4) is 0 Å². The van der Waals surface area contributed by atoms with Gasteiger partial charge in [-0.05, 0) is 55.5 Å². The predicted octanol–water partition coefficient (Wildman–Crippen LogP) is 8.12. The molecule has 3 aromatic heterocycles. The van der Waals surface area contributed by atoms with E-state index in [4.69, 9.17) is 0 Å². The van der Waals surface area contributed by atoms with Crippen LogP contribution in [0.2, 0.25) is 0 Å². The van der Waals surface area contributed by atoms with E-state index in [1.165, 1.54) is 25.1 Å². The van der Waals surface area contributed by atoms with Crippen molar-refractivity contribution >= 4 is 17.2 Å². The van der Waals surface area contributed by atoms with Crippen LogP contribution in [0.15, 0.2) is 85.7 Å². The largest absolute Gasteiger partial charge is 0.373 e. The minimum absolute atomic E-state index is 0.170. The van der Waals surface area contributed by atoms with E-state index in [-0.39, 0.29) is 12.2 Å². The molecule has 8 heteroatoms. The summed E-state index contributed by atoms with van der Waals surface area (Å²) < 4.78 is 30.5. The van der Waals surface area contributed by atoms with Crippen LogP contribution < -0.4 is 16.0 Å². The van der Waals surface area contributed by atoms with E-state index in [1.807, 2.05) is 13.0 Å². The zero-order valence-corrected chi connectivity index (χ0v) is 23.4. The number of benzene rings is 1. The highest BCUT2D eigenvalue weighted by Gasteiger charge is 2.20. The van der Waals surface area contributed by atoms with Crippen molar-refractivity contribution < 1.29 is 8.78 Å². The average Bonchev–Trinajstić information content (AvgIpc) is 3.51. The van der Waals surface area contributed by atoms with Crippen molar-refractivity contribution in [2.75, 3.05) is 23.0 Å². The third-order valence-corrected chi connectivity index (χ3v) is 7.58. The van der Waals surface area contributed by atoms with Crippen LogP contribution in [0, 0.1) is 24.5 Å². The van der Waals surface area contributed by atoms with Crippen molar-refractivity contribution in [3.05, 3.63) is 108 Å². The molecular weight excluding hydrogens is 518 g/mol. The molecule has 6 nitrogen and oxygen atoms in total. The Labute approximate surface area is 239 Å². The van der Waals surface area contributed by atoms with E-state index in [1.54, 1.807) is 49.9 Å². The molecule has 1 fully saturated rings.